The Balaban J connectivity index is 1.57. The lowest BCUT2D eigenvalue weighted by Gasteiger charge is -2.09. The second-order valence-corrected chi connectivity index (χ2v) is 7.92. The maximum Gasteiger partial charge on any atom is 0.190 e. The molecule has 3 rings (SSSR count). The molecular weight excluding hydrogens is 360 g/mol. The first kappa shape index (κ1) is 18.6. The molecule has 6 heteroatoms. The van der Waals surface area contributed by atoms with Crippen LogP contribution in [0.4, 0.5) is 11.5 Å². The highest BCUT2D eigenvalue weighted by atomic mass is 32.2. The van der Waals surface area contributed by atoms with Gasteiger partial charge in [-0.05, 0) is 24.0 Å². The Bertz CT molecular complexity index is 826. The molecule has 3 aromatic rings. The van der Waals surface area contributed by atoms with Gasteiger partial charge in [-0.3, -0.25) is 0 Å². The van der Waals surface area contributed by atoms with Crippen LogP contribution in [-0.2, 0) is 12.8 Å². The molecule has 1 heterocycles. The van der Waals surface area contributed by atoms with E-state index in [1.165, 1.54) is 11.1 Å². The number of nitrogens with zero attached hydrogens (tertiary/aromatic N) is 2. The van der Waals surface area contributed by atoms with Crippen LogP contribution < -0.4 is 11.5 Å². The van der Waals surface area contributed by atoms with Crippen molar-refractivity contribution >= 4 is 35.0 Å². The van der Waals surface area contributed by atoms with E-state index in [2.05, 4.69) is 58.5 Å². The van der Waals surface area contributed by atoms with E-state index in [1.807, 2.05) is 12.1 Å². The van der Waals surface area contributed by atoms with Gasteiger partial charge >= 0.3 is 0 Å². The minimum atomic E-state index is 0.365. The summed E-state index contributed by atoms with van der Waals surface area (Å²) >= 11 is 3.24. The van der Waals surface area contributed by atoms with Crippen molar-refractivity contribution in [2.45, 2.75) is 23.0 Å². The summed E-state index contributed by atoms with van der Waals surface area (Å²) in [5.41, 5.74) is 15.1. The van der Waals surface area contributed by atoms with Crippen LogP contribution in [0.25, 0.3) is 0 Å². The van der Waals surface area contributed by atoms with E-state index in [-0.39, 0.29) is 0 Å². The van der Waals surface area contributed by atoms with Crippen molar-refractivity contribution in [3.63, 3.8) is 0 Å². The van der Waals surface area contributed by atoms with Crippen molar-refractivity contribution in [1.29, 1.82) is 0 Å². The van der Waals surface area contributed by atoms with Crippen molar-refractivity contribution < 1.29 is 0 Å². The van der Waals surface area contributed by atoms with Crippen LogP contribution >= 0.6 is 23.5 Å². The second kappa shape index (κ2) is 9.50. The summed E-state index contributed by atoms with van der Waals surface area (Å²) in [4.78, 5) is 8.93. The molecule has 0 spiro atoms. The third-order valence-electron chi connectivity index (χ3n) is 3.86. The molecule has 2 aromatic carbocycles. The van der Waals surface area contributed by atoms with Gasteiger partial charge in [-0.1, -0.05) is 72.4 Å². The van der Waals surface area contributed by atoms with Crippen molar-refractivity contribution in [3.05, 3.63) is 71.8 Å². The highest BCUT2D eigenvalue weighted by Crippen LogP contribution is 2.30. The predicted molar refractivity (Wildman–Crippen MR) is 113 cm³/mol. The van der Waals surface area contributed by atoms with Crippen molar-refractivity contribution in [2.75, 3.05) is 23.0 Å². The smallest absolute Gasteiger partial charge is 0.190 e. The van der Waals surface area contributed by atoms with Gasteiger partial charge in [0.25, 0.3) is 0 Å². The zero-order valence-electron chi connectivity index (χ0n) is 14.5. The van der Waals surface area contributed by atoms with Crippen molar-refractivity contribution in [3.8, 4) is 0 Å². The fourth-order valence-electron chi connectivity index (χ4n) is 2.43. The summed E-state index contributed by atoms with van der Waals surface area (Å²) in [5, 5.41) is 1.46. The third kappa shape index (κ3) is 5.41. The summed E-state index contributed by atoms with van der Waals surface area (Å²) in [6.07, 6.45) is 1.93. The van der Waals surface area contributed by atoms with Crippen LogP contribution in [0.2, 0.25) is 0 Å². The van der Waals surface area contributed by atoms with Gasteiger partial charge in [0.1, 0.15) is 10.7 Å². The van der Waals surface area contributed by atoms with Crippen LogP contribution in [-0.4, -0.2) is 21.5 Å². The van der Waals surface area contributed by atoms with Crippen LogP contribution in [0.5, 0.6) is 0 Å². The first-order chi connectivity index (χ1) is 12.7. The Morgan fingerprint density at radius 3 is 1.81 bits per heavy atom. The van der Waals surface area contributed by atoms with Gasteiger partial charge < -0.3 is 11.5 Å². The molecule has 0 aliphatic heterocycles. The minimum Gasteiger partial charge on any atom is -0.394 e. The normalized spacial score (nSPS) is 10.8. The average Bonchev–Trinajstić information content (AvgIpc) is 2.67. The van der Waals surface area contributed by atoms with Crippen LogP contribution in [0.1, 0.15) is 11.1 Å². The van der Waals surface area contributed by atoms with E-state index < -0.39 is 0 Å². The Hall–Kier alpha value is -2.18. The van der Waals surface area contributed by atoms with Crippen LogP contribution in [0, 0.1) is 0 Å². The van der Waals surface area contributed by atoms with Crippen LogP contribution in [0.3, 0.4) is 0 Å². The number of nitrogen functional groups attached to an aromatic ring is 2. The van der Waals surface area contributed by atoms with E-state index in [1.54, 1.807) is 23.5 Å². The van der Waals surface area contributed by atoms with Gasteiger partial charge in [-0.15, -0.1) is 11.8 Å². The second-order valence-electron chi connectivity index (χ2n) is 5.78. The van der Waals surface area contributed by atoms with E-state index in [0.717, 1.165) is 29.4 Å². The molecule has 1 aromatic heterocycles. The molecule has 26 heavy (non-hydrogen) atoms. The lowest BCUT2D eigenvalue weighted by atomic mass is 10.2. The van der Waals surface area contributed by atoms with Gasteiger partial charge in [0.2, 0.25) is 0 Å². The molecule has 134 valence electrons. The number of hydrogen-bond acceptors (Lipinski definition) is 6. The Morgan fingerprint density at radius 2 is 1.23 bits per heavy atom. The van der Waals surface area contributed by atoms with E-state index in [4.69, 9.17) is 11.5 Å². The highest BCUT2D eigenvalue weighted by molar-refractivity contribution is 7.99. The van der Waals surface area contributed by atoms with Gasteiger partial charge in [0.05, 0.1) is 0 Å². The molecule has 0 saturated heterocycles. The van der Waals surface area contributed by atoms with Crippen molar-refractivity contribution in [2.24, 2.45) is 0 Å². The first-order valence-electron chi connectivity index (χ1n) is 8.49. The summed E-state index contributed by atoms with van der Waals surface area (Å²) < 4.78 is 0. The lowest BCUT2D eigenvalue weighted by molar-refractivity contribution is 0.903. The summed E-state index contributed by atoms with van der Waals surface area (Å²) in [6, 6.07) is 20.8. The number of benzene rings is 2. The molecular formula is C20H22N4S2. The molecule has 4 nitrogen and oxygen atoms in total. The van der Waals surface area contributed by atoms with E-state index in [9.17, 15) is 0 Å². The van der Waals surface area contributed by atoms with E-state index >= 15 is 0 Å². The number of aromatic nitrogens is 2. The van der Waals surface area contributed by atoms with Gasteiger partial charge in [0, 0.05) is 11.5 Å². The number of rotatable bonds is 8. The zero-order chi connectivity index (χ0) is 18.2. The fourth-order valence-corrected chi connectivity index (χ4v) is 4.27. The van der Waals surface area contributed by atoms with E-state index in [0.29, 0.717) is 16.7 Å². The standard InChI is InChI=1S/C20H22N4S2/c21-17-18(22)23-20(26-14-12-16-9-5-2-6-10-16)24-19(17)25-13-11-15-7-3-1-4-8-15/h1-10H,11-14,21H2,(H2,22,23,24). The zero-order valence-corrected chi connectivity index (χ0v) is 16.1. The molecule has 0 atom stereocenters. The van der Waals surface area contributed by atoms with Gasteiger partial charge in [0.15, 0.2) is 11.0 Å². The summed E-state index contributed by atoms with van der Waals surface area (Å²) in [7, 11) is 0. The fraction of sp³-hybridized carbons (Fsp3) is 0.200. The molecule has 0 aliphatic rings. The molecule has 0 unspecified atom stereocenters. The number of thioether (sulfide) groups is 2. The highest BCUT2D eigenvalue weighted by Gasteiger charge is 2.11. The first-order valence-corrected chi connectivity index (χ1v) is 10.5. The summed E-state index contributed by atoms with van der Waals surface area (Å²) in [6.45, 7) is 0. The monoisotopic (exact) mass is 382 g/mol. The van der Waals surface area contributed by atoms with Crippen LogP contribution in [0.15, 0.2) is 70.8 Å². The number of anilines is 2. The van der Waals surface area contributed by atoms with Gasteiger partial charge in [-0.2, -0.15) is 0 Å². The summed E-state index contributed by atoms with van der Waals surface area (Å²) in [5.74, 6) is 2.17. The number of hydrogen-bond donors (Lipinski definition) is 2. The largest absolute Gasteiger partial charge is 0.394 e. The van der Waals surface area contributed by atoms with Gasteiger partial charge in [-0.25, -0.2) is 9.97 Å². The SMILES string of the molecule is Nc1nc(SCCc2ccccc2)nc(SCCc2ccccc2)c1N. The Labute approximate surface area is 162 Å². The Morgan fingerprint density at radius 1 is 0.692 bits per heavy atom. The maximum absolute atomic E-state index is 6.07. The molecule has 0 saturated carbocycles. The minimum absolute atomic E-state index is 0.365. The number of nitrogens with two attached hydrogens (primary N) is 2. The molecule has 0 amide bonds. The quantitative estimate of drug-likeness (QED) is 0.343. The topological polar surface area (TPSA) is 77.8 Å². The lowest BCUT2D eigenvalue weighted by Crippen LogP contribution is -2.05. The predicted octanol–water partition coefficient (Wildman–Crippen LogP) is 4.31. The molecule has 0 radical (unpaired) electrons. The molecule has 0 fully saturated rings. The Kier molecular flexibility index (Phi) is 6.80. The average molecular weight is 383 g/mol. The molecule has 0 aliphatic carbocycles. The number of aryl methyl sites for hydroxylation is 2. The molecule has 0 bridgehead atoms. The van der Waals surface area contributed by atoms with Crippen molar-refractivity contribution in [1.82, 2.24) is 9.97 Å². The molecule has 4 N–H and O–H groups in total. The maximum atomic E-state index is 6.07. The third-order valence-corrected chi connectivity index (χ3v) is 5.70.